The van der Waals surface area contributed by atoms with Crippen molar-refractivity contribution in [2.45, 2.75) is 30.3 Å². The summed E-state index contributed by atoms with van der Waals surface area (Å²) in [4.78, 5) is 8.72. The van der Waals surface area contributed by atoms with Crippen LogP contribution in [0.15, 0.2) is 0 Å². The summed E-state index contributed by atoms with van der Waals surface area (Å²) in [5.41, 5.74) is 7.06. The third kappa shape index (κ3) is 2.08. The Morgan fingerprint density at radius 1 is 1.28 bits per heavy atom. The van der Waals surface area contributed by atoms with E-state index < -0.39 is 9.84 Å². The van der Waals surface area contributed by atoms with Gasteiger partial charge in [-0.05, 0) is 19.4 Å². The first-order chi connectivity index (χ1) is 8.55. The number of piperidine rings is 1. The molecule has 0 bridgehead atoms. The number of sulfone groups is 1. The van der Waals surface area contributed by atoms with Crippen LogP contribution in [0.3, 0.4) is 0 Å². The largest absolute Gasteiger partial charge is 0.383 e. The Labute approximate surface area is 106 Å². The second-order valence-electron chi connectivity index (χ2n) is 4.97. The summed E-state index contributed by atoms with van der Waals surface area (Å²) in [5.74, 6) is 1.26. The first kappa shape index (κ1) is 11.9. The Kier molecular flexibility index (Phi) is 2.74. The van der Waals surface area contributed by atoms with E-state index >= 15 is 0 Å². The first-order valence-corrected chi connectivity index (χ1v) is 7.93. The van der Waals surface area contributed by atoms with Crippen LogP contribution in [0, 0.1) is 0 Å². The van der Waals surface area contributed by atoms with Crippen LogP contribution < -0.4 is 11.1 Å². The fraction of sp³-hybridized carbons (Fsp3) is 0.636. The minimum Gasteiger partial charge on any atom is -0.383 e. The van der Waals surface area contributed by atoms with Crippen LogP contribution in [-0.2, 0) is 21.3 Å². The molecule has 0 amide bonds. The van der Waals surface area contributed by atoms with Gasteiger partial charge in [-0.1, -0.05) is 0 Å². The van der Waals surface area contributed by atoms with Crippen molar-refractivity contribution < 1.29 is 8.42 Å². The highest BCUT2D eigenvalue weighted by atomic mass is 32.2. The molecule has 7 heteroatoms. The summed E-state index contributed by atoms with van der Waals surface area (Å²) in [6.45, 7) is 1.86. The van der Waals surface area contributed by atoms with Gasteiger partial charge in [0.1, 0.15) is 11.6 Å². The molecule has 1 atom stereocenters. The highest BCUT2D eigenvalue weighted by Crippen LogP contribution is 2.30. The van der Waals surface area contributed by atoms with Gasteiger partial charge in [0.25, 0.3) is 0 Å². The predicted octanol–water partition coefficient (Wildman–Crippen LogP) is -0.0458. The Morgan fingerprint density at radius 2 is 2.11 bits per heavy atom. The van der Waals surface area contributed by atoms with Crippen molar-refractivity contribution in [3.8, 4) is 0 Å². The second-order valence-corrected chi connectivity index (χ2v) is 7.03. The molecule has 0 radical (unpaired) electrons. The number of nitrogens with zero attached hydrogens (tertiary/aromatic N) is 2. The summed E-state index contributed by atoms with van der Waals surface area (Å²) < 4.78 is 23.2. The highest BCUT2D eigenvalue weighted by Gasteiger charge is 2.30. The number of anilines is 1. The zero-order valence-electron chi connectivity index (χ0n) is 10.0. The Morgan fingerprint density at radius 3 is 2.83 bits per heavy atom. The maximum Gasteiger partial charge on any atom is 0.160 e. The number of nitrogens with two attached hydrogens (primary N) is 1. The Hall–Kier alpha value is -1.21. The van der Waals surface area contributed by atoms with Crippen molar-refractivity contribution in [2.24, 2.45) is 0 Å². The lowest BCUT2D eigenvalue weighted by atomic mass is 9.98. The molecule has 6 nitrogen and oxygen atoms in total. The van der Waals surface area contributed by atoms with Crippen LogP contribution in [0.4, 0.5) is 5.82 Å². The molecule has 18 heavy (non-hydrogen) atoms. The molecule has 3 heterocycles. The van der Waals surface area contributed by atoms with Crippen molar-refractivity contribution >= 4 is 15.7 Å². The normalized spacial score (nSPS) is 25.9. The molecule has 0 spiro atoms. The van der Waals surface area contributed by atoms with E-state index in [2.05, 4.69) is 15.3 Å². The van der Waals surface area contributed by atoms with Crippen LogP contribution in [0.2, 0.25) is 0 Å². The molecule has 3 N–H and O–H groups in total. The molecule has 0 aromatic carbocycles. The Balaban J connectivity index is 1.97. The fourth-order valence-electron chi connectivity index (χ4n) is 2.58. The predicted molar refractivity (Wildman–Crippen MR) is 67.6 cm³/mol. The van der Waals surface area contributed by atoms with Crippen LogP contribution in [0.5, 0.6) is 0 Å². The van der Waals surface area contributed by atoms with Gasteiger partial charge in [0, 0.05) is 18.0 Å². The molecule has 1 unspecified atom stereocenters. The number of hydrogen-bond donors (Lipinski definition) is 2. The molecule has 98 valence electrons. The van der Waals surface area contributed by atoms with E-state index in [0.717, 1.165) is 25.9 Å². The molecular weight excluding hydrogens is 252 g/mol. The molecule has 1 aromatic heterocycles. The standard InChI is InChI=1S/C11H16N4O2S/c12-10-8-5-18(16,17)6-9(8)14-11(15-10)7-2-1-3-13-4-7/h7,13H,1-6H2,(H2,12,14,15). The van der Waals surface area contributed by atoms with Gasteiger partial charge in [-0.3, -0.25) is 0 Å². The molecule has 0 aliphatic carbocycles. The van der Waals surface area contributed by atoms with Crippen LogP contribution in [0.25, 0.3) is 0 Å². The van der Waals surface area contributed by atoms with Crippen molar-refractivity contribution in [1.29, 1.82) is 0 Å². The smallest absolute Gasteiger partial charge is 0.160 e. The summed E-state index contributed by atoms with van der Waals surface area (Å²) in [5, 5.41) is 3.30. The van der Waals surface area contributed by atoms with E-state index in [1.165, 1.54) is 0 Å². The lowest BCUT2D eigenvalue weighted by molar-refractivity contribution is 0.446. The molecule has 0 saturated carbocycles. The van der Waals surface area contributed by atoms with Crippen molar-refractivity contribution in [1.82, 2.24) is 15.3 Å². The number of fused-ring (bicyclic) bond motifs is 1. The Bertz CT molecular complexity index is 579. The number of aromatic nitrogens is 2. The summed E-state index contributed by atoms with van der Waals surface area (Å²) in [6, 6.07) is 0. The minimum atomic E-state index is -3.07. The third-order valence-corrected chi connectivity index (χ3v) is 4.97. The van der Waals surface area contributed by atoms with Crippen LogP contribution >= 0.6 is 0 Å². The monoisotopic (exact) mass is 268 g/mol. The topological polar surface area (TPSA) is 98.0 Å². The quantitative estimate of drug-likeness (QED) is 0.741. The molecule has 2 aliphatic rings. The van der Waals surface area contributed by atoms with Crippen molar-refractivity contribution in [2.75, 3.05) is 18.8 Å². The van der Waals surface area contributed by atoms with Crippen molar-refractivity contribution in [3.05, 3.63) is 17.1 Å². The SMILES string of the molecule is Nc1nc(C2CCCNC2)nc2c1CS(=O)(=O)C2. The molecule has 1 fully saturated rings. The number of nitrogen functional groups attached to an aromatic ring is 1. The summed E-state index contributed by atoms with van der Waals surface area (Å²) in [7, 11) is -3.07. The third-order valence-electron chi connectivity index (χ3n) is 3.52. The maximum absolute atomic E-state index is 11.6. The van der Waals surface area contributed by atoms with E-state index in [1.54, 1.807) is 0 Å². The highest BCUT2D eigenvalue weighted by molar-refractivity contribution is 7.90. The minimum absolute atomic E-state index is 0.00218. The van der Waals surface area contributed by atoms with E-state index in [-0.39, 0.29) is 17.4 Å². The van der Waals surface area contributed by atoms with E-state index in [1.807, 2.05) is 0 Å². The maximum atomic E-state index is 11.6. The van der Waals surface area contributed by atoms with E-state index in [9.17, 15) is 8.42 Å². The molecule has 1 saturated heterocycles. The van der Waals surface area contributed by atoms with E-state index in [0.29, 0.717) is 22.9 Å². The first-order valence-electron chi connectivity index (χ1n) is 6.11. The molecule has 2 aliphatic heterocycles. The fourth-order valence-corrected chi connectivity index (χ4v) is 4.09. The molecule has 1 aromatic rings. The van der Waals surface area contributed by atoms with Gasteiger partial charge in [0.15, 0.2) is 9.84 Å². The average Bonchev–Trinajstić information content (AvgIpc) is 2.65. The number of nitrogens with one attached hydrogen (secondary N) is 1. The summed E-state index contributed by atoms with van der Waals surface area (Å²) in [6.07, 6.45) is 2.11. The average molecular weight is 268 g/mol. The summed E-state index contributed by atoms with van der Waals surface area (Å²) >= 11 is 0. The zero-order chi connectivity index (χ0) is 12.8. The number of hydrogen-bond acceptors (Lipinski definition) is 6. The van der Waals surface area contributed by atoms with Gasteiger partial charge in [0.2, 0.25) is 0 Å². The van der Waals surface area contributed by atoms with Gasteiger partial charge in [0.05, 0.1) is 17.2 Å². The number of rotatable bonds is 1. The lowest BCUT2D eigenvalue weighted by Gasteiger charge is -2.22. The molecule has 3 rings (SSSR count). The van der Waals surface area contributed by atoms with E-state index in [4.69, 9.17) is 5.73 Å². The lowest BCUT2D eigenvalue weighted by Crippen LogP contribution is -2.29. The van der Waals surface area contributed by atoms with Gasteiger partial charge in [-0.15, -0.1) is 0 Å². The van der Waals surface area contributed by atoms with Gasteiger partial charge >= 0.3 is 0 Å². The molecular formula is C11H16N4O2S. The van der Waals surface area contributed by atoms with Crippen LogP contribution in [0.1, 0.15) is 35.8 Å². The van der Waals surface area contributed by atoms with Gasteiger partial charge in [-0.2, -0.15) is 0 Å². The zero-order valence-corrected chi connectivity index (χ0v) is 10.8. The van der Waals surface area contributed by atoms with Crippen molar-refractivity contribution in [3.63, 3.8) is 0 Å². The van der Waals surface area contributed by atoms with Gasteiger partial charge in [-0.25, -0.2) is 18.4 Å². The van der Waals surface area contributed by atoms with Gasteiger partial charge < -0.3 is 11.1 Å². The van der Waals surface area contributed by atoms with Crippen LogP contribution in [-0.4, -0.2) is 31.5 Å². The second kappa shape index (κ2) is 4.17.